The van der Waals surface area contributed by atoms with Gasteiger partial charge in [0.2, 0.25) is 5.13 Å². The molecule has 2 aliphatic rings. The van der Waals surface area contributed by atoms with Crippen LogP contribution in [0.25, 0.3) is 5.76 Å². The van der Waals surface area contributed by atoms with E-state index in [-0.39, 0.29) is 28.4 Å². The van der Waals surface area contributed by atoms with Crippen LogP contribution in [0.3, 0.4) is 0 Å². The zero-order valence-corrected chi connectivity index (χ0v) is 27.1. The average molecular weight is 662 g/mol. The number of hydrogen-bond acceptors (Lipinski definition) is 10. The van der Waals surface area contributed by atoms with Gasteiger partial charge in [-0.1, -0.05) is 54.3 Å². The molecule has 1 N–H and O–H groups in total. The van der Waals surface area contributed by atoms with Gasteiger partial charge in [-0.15, -0.1) is 10.2 Å². The van der Waals surface area contributed by atoms with Crippen molar-refractivity contribution in [1.29, 1.82) is 0 Å². The predicted molar refractivity (Wildman–Crippen MR) is 174 cm³/mol. The number of amides is 1. The van der Waals surface area contributed by atoms with Crippen molar-refractivity contribution in [2.24, 2.45) is 0 Å². The smallest absolute Gasteiger partial charge is 0.301 e. The molecule has 0 saturated carbocycles. The van der Waals surface area contributed by atoms with Crippen LogP contribution in [0.2, 0.25) is 0 Å². The molecule has 46 heavy (non-hydrogen) atoms. The van der Waals surface area contributed by atoms with Gasteiger partial charge in [-0.2, -0.15) is 0 Å². The minimum Gasteiger partial charge on any atom is -0.507 e. The lowest BCUT2D eigenvalue weighted by atomic mass is 9.94. The van der Waals surface area contributed by atoms with Crippen molar-refractivity contribution in [3.8, 4) is 17.2 Å². The van der Waals surface area contributed by atoms with Crippen LogP contribution in [0.1, 0.15) is 55.5 Å². The van der Waals surface area contributed by atoms with Crippen molar-refractivity contribution in [3.05, 3.63) is 94.3 Å². The normalized spacial score (nSPS) is 18.5. The molecule has 238 valence electrons. The Hall–Kier alpha value is -4.42. The van der Waals surface area contributed by atoms with Crippen molar-refractivity contribution in [2.45, 2.75) is 55.9 Å². The lowest BCUT2D eigenvalue weighted by molar-refractivity contribution is -0.132. The zero-order chi connectivity index (χ0) is 32.4. The van der Waals surface area contributed by atoms with E-state index in [1.807, 2.05) is 20.8 Å². The van der Waals surface area contributed by atoms with Gasteiger partial charge in [0.15, 0.2) is 15.8 Å². The Bertz CT molecular complexity index is 1830. The van der Waals surface area contributed by atoms with Crippen LogP contribution in [-0.4, -0.2) is 46.3 Å². The number of ketones is 1. The lowest BCUT2D eigenvalue weighted by Gasteiger charge is -2.23. The molecule has 0 radical (unpaired) electrons. The second-order valence-electron chi connectivity index (χ2n) is 10.8. The first-order valence-corrected chi connectivity index (χ1v) is 16.8. The van der Waals surface area contributed by atoms with E-state index in [0.29, 0.717) is 57.9 Å². The van der Waals surface area contributed by atoms with E-state index in [1.54, 1.807) is 54.6 Å². The van der Waals surface area contributed by atoms with E-state index < -0.39 is 17.7 Å². The van der Waals surface area contributed by atoms with Crippen molar-refractivity contribution < 1.29 is 33.3 Å². The monoisotopic (exact) mass is 661 g/mol. The maximum absolute atomic E-state index is 14.2. The second-order valence-corrected chi connectivity index (χ2v) is 13.0. The Labute approximate surface area is 274 Å². The molecule has 2 aliphatic heterocycles. The molecule has 0 unspecified atom stereocenters. The summed E-state index contributed by atoms with van der Waals surface area (Å²) >= 11 is 2.38. The summed E-state index contributed by atoms with van der Waals surface area (Å²) in [6, 6.07) is 15.9. The summed E-state index contributed by atoms with van der Waals surface area (Å²) in [5, 5.41) is 20.4. The third kappa shape index (κ3) is 6.19. The lowest BCUT2D eigenvalue weighted by Crippen LogP contribution is -2.29. The molecule has 1 fully saturated rings. The third-order valence-corrected chi connectivity index (χ3v) is 9.67. The maximum Gasteiger partial charge on any atom is 0.301 e. The summed E-state index contributed by atoms with van der Waals surface area (Å²) in [5.74, 6) is -0.337. The highest BCUT2D eigenvalue weighted by Crippen LogP contribution is 2.46. The van der Waals surface area contributed by atoms with E-state index in [4.69, 9.17) is 14.2 Å². The number of rotatable bonds is 11. The Morgan fingerprint density at radius 1 is 1.09 bits per heavy atom. The molecule has 12 heteroatoms. The number of Topliss-reactive ketones (excluding diaryl/α,β-unsaturated/α-hetero) is 1. The van der Waals surface area contributed by atoms with Gasteiger partial charge in [0, 0.05) is 17.7 Å². The number of aromatic nitrogens is 2. The van der Waals surface area contributed by atoms with Gasteiger partial charge in [-0.25, -0.2) is 4.39 Å². The van der Waals surface area contributed by atoms with Crippen LogP contribution in [0.4, 0.5) is 9.52 Å². The molecule has 1 saturated heterocycles. The van der Waals surface area contributed by atoms with Gasteiger partial charge in [0.25, 0.3) is 5.78 Å². The molecule has 1 aromatic heterocycles. The summed E-state index contributed by atoms with van der Waals surface area (Å²) in [5.41, 5.74) is 2.23. The zero-order valence-electron chi connectivity index (χ0n) is 25.5. The van der Waals surface area contributed by atoms with Gasteiger partial charge in [0.1, 0.15) is 23.4 Å². The molecule has 6 rings (SSSR count). The first kappa shape index (κ1) is 31.6. The largest absolute Gasteiger partial charge is 0.507 e. The number of halogens is 1. The van der Waals surface area contributed by atoms with Crippen LogP contribution < -0.4 is 19.1 Å². The molecule has 3 heterocycles. The fraction of sp³-hybridized carbons (Fsp3) is 0.294. The minimum absolute atomic E-state index is 0.00810. The van der Waals surface area contributed by atoms with Crippen LogP contribution in [-0.2, 0) is 21.8 Å². The topological polar surface area (TPSA) is 111 Å². The van der Waals surface area contributed by atoms with Crippen molar-refractivity contribution >= 4 is 45.7 Å². The van der Waals surface area contributed by atoms with Crippen LogP contribution in [0.15, 0.2) is 70.6 Å². The molecular weight excluding hydrogens is 630 g/mol. The molecule has 2 atom stereocenters. The van der Waals surface area contributed by atoms with Crippen molar-refractivity contribution in [3.63, 3.8) is 0 Å². The first-order chi connectivity index (χ1) is 22.3. The fourth-order valence-corrected chi connectivity index (χ4v) is 7.33. The number of carbonyl (C=O) groups excluding carboxylic acids is 2. The number of thioether (sulfide) groups is 1. The number of aliphatic hydroxyl groups is 1. The number of anilines is 1. The molecule has 0 bridgehead atoms. The number of benzene rings is 3. The molecule has 3 aromatic carbocycles. The fourth-order valence-electron chi connectivity index (χ4n) is 5.48. The highest BCUT2D eigenvalue weighted by atomic mass is 32.2. The molecular formula is C34H32FN3O6S2. The van der Waals surface area contributed by atoms with E-state index in [0.717, 1.165) is 29.1 Å². The van der Waals surface area contributed by atoms with Gasteiger partial charge in [0.05, 0.1) is 24.8 Å². The summed E-state index contributed by atoms with van der Waals surface area (Å²) < 4.78 is 32.3. The Balaban J connectivity index is 1.43. The van der Waals surface area contributed by atoms with Crippen LogP contribution >= 0.6 is 23.1 Å². The number of hydrogen-bond donors (Lipinski definition) is 1. The van der Waals surface area contributed by atoms with Gasteiger partial charge < -0.3 is 19.3 Å². The number of nitrogens with zero attached hydrogens (tertiary/aromatic N) is 3. The average Bonchev–Trinajstić information content (AvgIpc) is 3.74. The molecule has 9 nitrogen and oxygen atoms in total. The quantitative estimate of drug-likeness (QED) is 0.0591. The van der Waals surface area contributed by atoms with Gasteiger partial charge >= 0.3 is 5.91 Å². The number of carbonyl (C=O) groups is 2. The summed E-state index contributed by atoms with van der Waals surface area (Å²) in [7, 11) is 0. The second kappa shape index (κ2) is 13.5. The van der Waals surface area contributed by atoms with Gasteiger partial charge in [-0.3, -0.25) is 14.5 Å². The minimum atomic E-state index is -1.04. The van der Waals surface area contributed by atoms with Crippen LogP contribution in [0, 0.1) is 5.82 Å². The number of fused-ring (bicyclic) bond motifs is 1. The maximum atomic E-state index is 14.2. The van der Waals surface area contributed by atoms with E-state index >= 15 is 0 Å². The van der Waals surface area contributed by atoms with E-state index in [2.05, 4.69) is 10.2 Å². The van der Waals surface area contributed by atoms with E-state index in [9.17, 15) is 19.1 Å². The molecule has 1 amide bonds. The first-order valence-electron chi connectivity index (χ1n) is 15.0. The molecule has 4 aromatic rings. The number of aliphatic hydroxyl groups excluding tert-OH is 1. The van der Waals surface area contributed by atoms with E-state index in [1.165, 1.54) is 22.7 Å². The standard InChI is InChI=1S/C34H32FN3O6S2/c1-4-14-43-26-13-10-20(17-27(26)42-5-2)29-28(30(39)21-11-12-25-23(16-21)15-19(3)44-25)31(40)32(41)38(29)33-36-37-34(46-33)45-18-22-8-6-7-9-24(22)35/h6-13,16-17,19,29,39H,4-5,14-15,18H2,1-3H3/t19-,29+/m0/s1. The summed E-state index contributed by atoms with van der Waals surface area (Å²) in [6.07, 6.45) is 1.45. The number of ether oxygens (including phenoxy) is 3. The molecule has 0 aliphatic carbocycles. The highest BCUT2D eigenvalue weighted by Gasteiger charge is 2.48. The Morgan fingerprint density at radius 2 is 1.91 bits per heavy atom. The Morgan fingerprint density at radius 3 is 2.70 bits per heavy atom. The van der Waals surface area contributed by atoms with Crippen LogP contribution in [0.5, 0.6) is 17.2 Å². The summed E-state index contributed by atoms with van der Waals surface area (Å²) in [4.78, 5) is 28.8. The van der Waals surface area contributed by atoms with Crippen molar-refractivity contribution in [2.75, 3.05) is 18.1 Å². The SMILES string of the molecule is CCCOc1ccc([C@@H]2C(=C(O)c3ccc4c(c3)C[C@H](C)O4)C(=O)C(=O)N2c2nnc(SCc3ccccc3F)s2)cc1OCC. The Kier molecular flexibility index (Phi) is 9.27. The summed E-state index contributed by atoms with van der Waals surface area (Å²) in [6.45, 7) is 6.65. The molecule has 0 spiro atoms. The highest BCUT2D eigenvalue weighted by molar-refractivity contribution is 8.00. The van der Waals surface area contributed by atoms with Gasteiger partial charge in [-0.05, 0) is 73.4 Å². The predicted octanol–water partition coefficient (Wildman–Crippen LogP) is 7.11. The third-order valence-electron chi connectivity index (χ3n) is 7.57. The van der Waals surface area contributed by atoms with Crippen molar-refractivity contribution in [1.82, 2.24) is 10.2 Å².